The second kappa shape index (κ2) is 5.54. The van der Waals surface area contributed by atoms with Crippen molar-refractivity contribution in [3.8, 4) is 0 Å². The third-order valence-corrected chi connectivity index (χ3v) is 4.34. The molecule has 0 aliphatic heterocycles. The molecule has 4 N–H and O–H groups in total. The molecular formula is C16H16F3NO4. The molecule has 2 rings (SSSR count). The van der Waals surface area contributed by atoms with Crippen LogP contribution in [-0.4, -0.2) is 22.2 Å². The number of benzene rings is 1. The molecule has 0 fully saturated rings. The van der Waals surface area contributed by atoms with Gasteiger partial charge in [0.05, 0.1) is 11.0 Å². The number of nitrogen functional groups attached to an aromatic ring is 1. The number of carbonyl (C=O) groups is 2. The van der Waals surface area contributed by atoms with Gasteiger partial charge in [0, 0.05) is 5.69 Å². The van der Waals surface area contributed by atoms with Crippen LogP contribution in [0.4, 0.5) is 18.9 Å². The molecule has 2 unspecified atom stereocenters. The van der Waals surface area contributed by atoms with E-state index in [4.69, 9.17) is 5.73 Å². The number of nitrogens with two attached hydrogens (primary N) is 1. The van der Waals surface area contributed by atoms with Crippen LogP contribution in [0.3, 0.4) is 0 Å². The Morgan fingerprint density at radius 1 is 1.17 bits per heavy atom. The number of anilines is 1. The molecule has 0 saturated heterocycles. The standard InChI is InChI=1S/C16H16F3NO4/c1-14(12(21)22)3-2-4-15(8-14,13(23)24)9-5-10(16(17,18)19)7-11(20)6-9/h2,4-7H,3,8,20H2,1H3,(H,21,22)(H,23,24). The van der Waals surface area contributed by atoms with E-state index in [0.29, 0.717) is 12.1 Å². The van der Waals surface area contributed by atoms with Crippen molar-refractivity contribution < 1.29 is 33.0 Å². The fraction of sp³-hybridized carbons (Fsp3) is 0.375. The maximum Gasteiger partial charge on any atom is 0.416 e. The number of halogens is 3. The van der Waals surface area contributed by atoms with E-state index in [1.807, 2.05) is 0 Å². The molecule has 24 heavy (non-hydrogen) atoms. The van der Waals surface area contributed by atoms with E-state index in [0.717, 1.165) is 6.07 Å². The molecule has 0 aromatic heterocycles. The summed E-state index contributed by atoms with van der Waals surface area (Å²) in [7, 11) is 0. The van der Waals surface area contributed by atoms with Crippen LogP contribution in [-0.2, 0) is 21.2 Å². The van der Waals surface area contributed by atoms with Crippen LogP contribution in [0.15, 0.2) is 30.4 Å². The molecule has 0 amide bonds. The highest BCUT2D eigenvalue weighted by Crippen LogP contribution is 2.46. The molecular weight excluding hydrogens is 327 g/mol. The lowest BCUT2D eigenvalue weighted by Crippen LogP contribution is -2.44. The van der Waals surface area contributed by atoms with Crippen molar-refractivity contribution in [3.05, 3.63) is 41.5 Å². The fourth-order valence-corrected chi connectivity index (χ4v) is 2.97. The second-order valence-electron chi connectivity index (χ2n) is 6.27. The maximum atomic E-state index is 13.0. The molecule has 1 aliphatic carbocycles. The average molecular weight is 343 g/mol. The van der Waals surface area contributed by atoms with Crippen LogP contribution in [0.2, 0.25) is 0 Å². The lowest BCUT2D eigenvalue weighted by atomic mass is 9.63. The molecule has 0 heterocycles. The molecule has 130 valence electrons. The minimum Gasteiger partial charge on any atom is -0.481 e. The Bertz CT molecular complexity index is 729. The van der Waals surface area contributed by atoms with Crippen LogP contribution >= 0.6 is 0 Å². The van der Waals surface area contributed by atoms with Crippen molar-refractivity contribution >= 4 is 17.6 Å². The lowest BCUT2D eigenvalue weighted by molar-refractivity contribution is -0.152. The number of carboxylic acid groups (broad SMARTS) is 2. The largest absolute Gasteiger partial charge is 0.481 e. The van der Waals surface area contributed by atoms with Crippen molar-refractivity contribution in [2.24, 2.45) is 5.41 Å². The Morgan fingerprint density at radius 3 is 2.29 bits per heavy atom. The first-order valence-corrected chi connectivity index (χ1v) is 7.03. The summed E-state index contributed by atoms with van der Waals surface area (Å²) >= 11 is 0. The van der Waals surface area contributed by atoms with Gasteiger partial charge >= 0.3 is 18.1 Å². The van der Waals surface area contributed by atoms with Crippen molar-refractivity contribution in [3.63, 3.8) is 0 Å². The highest BCUT2D eigenvalue weighted by atomic mass is 19.4. The summed E-state index contributed by atoms with van der Waals surface area (Å²) in [6.07, 6.45) is -2.36. The zero-order valence-electron chi connectivity index (χ0n) is 12.7. The van der Waals surface area contributed by atoms with Gasteiger partial charge in [-0.1, -0.05) is 12.2 Å². The van der Waals surface area contributed by atoms with Gasteiger partial charge < -0.3 is 15.9 Å². The molecule has 0 saturated carbocycles. The van der Waals surface area contributed by atoms with Crippen LogP contribution in [0, 0.1) is 5.41 Å². The van der Waals surface area contributed by atoms with Gasteiger partial charge in [0.1, 0.15) is 5.41 Å². The maximum absolute atomic E-state index is 13.0. The second-order valence-corrected chi connectivity index (χ2v) is 6.27. The number of hydrogen-bond donors (Lipinski definition) is 3. The first-order valence-electron chi connectivity index (χ1n) is 7.03. The Hall–Kier alpha value is -2.51. The average Bonchev–Trinajstić information content (AvgIpc) is 2.45. The van der Waals surface area contributed by atoms with Crippen LogP contribution < -0.4 is 5.73 Å². The molecule has 1 aliphatic rings. The van der Waals surface area contributed by atoms with Crippen LogP contribution in [0.25, 0.3) is 0 Å². The monoisotopic (exact) mass is 343 g/mol. The van der Waals surface area contributed by atoms with Crippen molar-refractivity contribution in [1.82, 2.24) is 0 Å². The highest BCUT2D eigenvalue weighted by Gasteiger charge is 2.50. The predicted octanol–water partition coefficient (Wildman–Crippen LogP) is 3.05. The van der Waals surface area contributed by atoms with Crippen molar-refractivity contribution in [2.75, 3.05) is 5.73 Å². The van der Waals surface area contributed by atoms with E-state index in [1.165, 1.54) is 19.1 Å². The van der Waals surface area contributed by atoms with Gasteiger partial charge in [0.2, 0.25) is 0 Å². The highest BCUT2D eigenvalue weighted by molar-refractivity contribution is 5.87. The van der Waals surface area contributed by atoms with E-state index >= 15 is 0 Å². The molecule has 2 atom stereocenters. The summed E-state index contributed by atoms with van der Waals surface area (Å²) in [5, 5.41) is 19.0. The van der Waals surface area contributed by atoms with Crippen molar-refractivity contribution in [2.45, 2.75) is 31.4 Å². The number of alkyl halides is 3. The number of rotatable bonds is 3. The quantitative estimate of drug-likeness (QED) is 0.578. The molecule has 0 bridgehead atoms. The van der Waals surface area contributed by atoms with Gasteiger partial charge in [-0.3, -0.25) is 9.59 Å². The van der Waals surface area contributed by atoms with E-state index in [-0.39, 0.29) is 24.1 Å². The SMILES string of the molecule is CC1(C(=O)O)CC=CC(C(=O)O)(c2cc(N)cc(C(F)(F)F)c2)C1. The van der Waals surface area contributed by atoms with Crippen LogP contribution in [0.1, 0.15) is 30.9 Å². The van der Waals surface area contributed by atoms with Gasteiger partial charge in [-0.2, -0.15) is 13.2 Å². The van der Waals surface area contributed by atoms with Gasteiger partial charge in [-0.05, 0) is 43.5 Å². The normalized spacial score (nSPS) is 27.0. The Balaban J connectivity index is 2.67. The topological polar surface area (TPSA) is 101 Å². The summed E-state index contributed by atoms with van der Waals surface area (Å²) < 4.78 is 39.0. The van der Waals surface area contributed by atoms with E-state index in [1.54, 1.807) is 0 Å². The number of allylic oxidation sites excluding steroid dienone is 1. The Kier molecular flexibility index (Phi) is 4.12. The van der Waals surface area contributed by atoms with Gasteiger partial charge in [0.25, 0.3) is 0 Å². The smallest absolute Gasteiger partial charge is 0.416 e. The zero-order chi connectivity index (χ0) is 18.3. The summed E-state index contributed by atoms with van der Waals surface area (Å²) in [5.74, 6) is -2.64. The Morgan fingerprint density at radius 2 is 1.79 bits per heavy atom. The summed E-state index contributed by atoms with van der Waals surface area (Å²) in [6, 6.07) is 2.56. The molecule has 1 aromatic rings. The summed E-state index contributed by atoms with van der Waals surface area (Å²) in [4.78, 5) is 23.4. The minimum atomic E-state index is -4.70. The first-order chi connectivity index (χ1) is 10.9. The summed E-state index contributed by atoms with van der Waals surface area (Å²) in [6.45, 7) is 1.37. The molecule has 0 spiro atoms. The predicted molar refractivity (Wildman–Crippen MR) is 79.3 cm³/mol. The van der Waals surface area contributed by atoms with E-state index < -0.39 is 34.5 Å². The molecule has 1 aromatic carbocycles. The van der Waals surface area contributed by atoms with Crippen molar-refractivity contribution in [1.29, 1.82) is 0 Å². The minimum absolute atomic E-state index is 0.0891. The fourth-order valence-electron chi connectivity index (χ4n) is 2.97. The van der Waals surface area contributed by atoms with E-state index in [9.17, 15) is 33.0 Å². The van der Waals surface area contributed by atoms with E-state index in [2.05, 4.69) is 0 Å². The van der Waals surface area contributed by atoms with Gasteiger partial charge in [-0.15, -0.1) is 0 Å². The summed E-state index contributed by atoms with van der Waals surface area (Å²) in [5.41, 5.74) is 0.718. The molecule has 0 radical (unpaired) electrons. The first kappa shape index (κ1) is 17.8. The zero-order valence-corrected chi connectivity index (χ0v) is 12.7. The van der Waals surface area contributed by atoms with Gasteiger partial charge in [-0.25, -0.2) is 0 Å². The Labute approximate surface area is 135 Å². The number of carboxylic acids is 2. The van der Waals surface area contributed by atoms with Crippen LogP contribution in [0.5, 0.6) is 0 Å². The third kappa shape index (κ3) is 2.95. The van der Waals surface area contributed by atoms with Gasteiger partial charge in [0.15, 0.2) is 0 Å². The molecule has 5 nitrogen and oxygen atoms in total. The lowest BCUT2D eigenvalue weighted by Gasteiger charge is -2.38. The number of aliphatic carboxylic acids is 2. The number of hydrogen-bond acceptors (Lipinski definition) is 3. The third-order valence-electron chi connectivity index (χ3n) is 4.34. The molecule has 8 heteroatoms.